The molecule has 3 nitrogen and oxygen atoms in total. The molecule has 1 saturated heterocycles. The van der Waals surface area contributed by atoms with Crippen LogP contribution >= 0.6 is 0 Å². The largest absolute Gasteiger partial charge is 0.393 e. The number of cyclic esters (lactones) is 2. The number of carbonyl (C=O) groups is 2. The van der Waals surface area contributed by atoms with Crippen LogP contribution in [0.5, 0.6) is 0 Å². The molecule has 7 heteroatoms. The van der Waals surface area contributed by atoms with Gasteiger partial charge in [-0.05, 0) is 29.6 Å². The normalized spacial score (nSPS) is 55.3. The Morgan fingerprint density at radius 2 is 1.45 bits per heavy atom. The molecule has 22 heavy (non-hydrogen) atoms. The molecule has 1 heterocycles. The summed E-state index contributed by atoms with van der Waals surface area (Å²) >= 11 is 0. The summed E-state index contributed by atoms with van der Waals surface area (Å²) in [7, 11) is 0. The first-order valence-electron chi connectivity index (χ1n) is 7.41. The van der Waals surface area contributed by atoms with Crippen molar-refractivity contribution in [2.24, 2.45) is 40.9 Å². The summed E-state index contributed by atoms with van der Waals surface area (Å²) in [6.07, 6.45) is 3.17. The Morgan fingerprint density at radius 1 is 0.909 bits per heavy atom. The Bertz CT molecular complexity index is 625. The molecule has 3 saturated carbocycles. The molecule has 1 unspecified atom stereocenters. The van der Waals surface area contributed by atoms with Crippen LogP contribution < -0.4 is 0 Å². The van der Waals surface area contributed by atoms with E-state index in [1.807, 2.05) is 0 Å². The van der Waals surface area contributed by atoms with Crippen LogP contribution in [-0.2, 0) is 14.3 Å². The second kappa shape index (κ2) is 3.26. The van der Waals surface area contributed by atoms with Crippen LogP contribution in [-0.4, -0.2) is 23.8 Å². The van der Waals surface area contributed by atoms with Crippen molar-refractivity contribution >= 4 is 11.9 Å². The van der Waals surface area contributed by atoms with Crippen LogP contribution in [0.25, 0.3) is 0 Å². The zero-order valence-electron chi connectivity index (χ0n) is 11.3. The van der Waals surface area contributed by atoms with Gasteiger partial charge in [0.2, 0.25) is 0 Å². The maximum atomic E-state index is 13.7. The molecule has 1 spiro atoms. The highest BCUT2D eigenvalue weighted by Gasteiger charge is 2.84. The lowest BCUT2D eigenvalue weighted by atomic mass is 9.70. The van der Waals surface area contributed by atoms with Crippen LogP contribution in [0.2, 0.25) is 0 Å². The van der Waals surface area contributed by atoms with E-state index in [2.05, 4.69) is 4.74 Å². The molecule has 0 aromatic carbocycles. The number of allylic oxidation sites excluding steroid dienone is 2. The quantitative estimate of drug-likeness (QED) is 0.323. The third-order valence-electron chi connectivity index (χ3n) is 6.69. The van der Waals surface area contributed by atoms with Crippen molar-refractivity contribution in [1.29, 1.82) is 0 Å². The number of carbonyl (C=O) groups excluding carboxylic acids is 2. The van der Waals surface area contributed by atoms with E-state index in [1.165, 1.54) is 0 Å². The van der Waals surface area contributed by atoms with Gasteiger partial charge in [0.1, 0.15) is 0 Å². The first-order chi connectivity index (χ1) is 10.2. The average molecular weight is 316 g/mol. The first kappa shape index (κ1) is 13.1. The standard InChI is InChI=1S/C15H12F4O3/c16-14(17)4-8(15(14,18)19)7-3-13(7)5-1-2-6(13)10-9(5)11(20)22-12(10)21/h1-2,5-10H,3-4H2/t5-,6+,7-,8+,9-,10-,13?/m1/s1. The molecule has 118 valence electrons. The Kier molecular flexibility index (Phi) is 1.94. The van der Waals surface area contributed by atoms with E-state index in [0.717, 1.165) is 0 Å². The summed E-state index contributed by atoms with van der Waals surface area (Å²) in [5.41, 5.74) is -0.602. The number of fused-ring (bicyclic) bond motifs is 3. The molecule has 5 rings (SSSR count). The van der Waals surface area contributed by atoms with Gasteiger partial charge in [0.25, 0.3) is 0 Å². The Morgan fingerprint density at radius 3 is 1.91 bits per heavy atom. The molecule has 7 atom stereocenters. The second-order valence-electron chi connectivity index (χ2n) is 7.29. The highest BCUT2D eigenvalue weighted by molar-refractivity contribution is 5.98. The number of ether oxygens (including phenoxy) is 1. The number of halogens is 4. The van der Waals surface area contributed by atoms with Gasteiger partial charge in [-0.15, -0.1) is 0 Å². The molecule has 0 radical (unpaired) electrons. The fourth-order valence-corrected chi connectivity index (χ4v) is 5.68. The third-order valence-corrected chi connectivity index (χ3v) is 6.69. The molecular formula is C15H12F4O3. The highest BCUT2D eigenvalue weighted by Crippen LogP contribution is 2.81. The van der Waals surface area contributed by atoms with Crippen LogP contribution in [0.15, 0.2) is 12.2 Å². The van der Waals surface area contributed by atoms with Crippen LogP contribution in [0.4, 0.5) is 17.6 Å². The zero-order valence-corrected chi connectivity index (χ0v) is 11.3. The summed E-state index contributed by atoms with van der Waals surface area (Å²) in [5.74, 6) is -12.9. The van der Waals surface area contributed by atoms with Gasteiger partial charge in [-0.2, -0.15) is 17.6 Å². The van der Waals surface area contributed by atoms with E-state index < -0.39 is 59.3 Å². The highest BCUT2D eigenvalue weighted by atomic mass is 19.3. The lowest BCUT2D eigenvalue weighted by Crippen LogP contribution is -2.60. The number of rotatable bonds is 1. The van der Waals surface area contributed by atoms with E-state index in [0.29, 0.717) is 6.42 Å². The van der Waals surface area contributed by atoms with Gasteiger partial charge >= 0.3 is 23.8 Å². The van der Waals surface area contributed by atoms with Gasteiger partial charge in [-0.25, -0.2) is 0 Å². The molecule has 0 N–H and O–H groups in total. The predicted molar refractivity (Wildman–Crippen MR) is 62.7 cm³/mol. The fourth-order valence-electron chi connectivity index (χ4n) is 5.68. The number of alkyl halides is 4. The van der Waals surface area contributed by atoms with Gasteiger partial charge in [0.15, 0.2) is 0 Å². The SMILES string of the molecule is O=C1OC(=O)[C@H]2[C@H]1[C@H]1C=C[C@@H]2C12C[C@@H]2[C@@H]1CC(F)(F)C1(F)F. The van der Waals surface area contributed by atoms with Crippen molar-refractivity contribution in [2.45, 2.75) is 24.7 Å². The third kappa shape index (κ3) is 1.09. The van der Waals surface area contributed by atoms with Crippen molar-refractivity contribution in [3.8, 4) is 0 Å². The minimum Gasteiger partial charge on any atom is -0.393 e. The molecular weight excluding hydrogens is 304 g/mol. The van der Waals surface area contributed by atoms with Crippen molar-refractivity contribution in [3.63, 3.8) is 0 Å². The number of esters is 2. The van der Waals surface area contributed by atoms with Crippen molar-refractivity contribution in [2.75, 3.05) is 0 Å². The van der Waals surface area contributed by atoms with Crippen LogP contribution in [0, 0.1) is 40.9 Å². The van der Waals surface area contributed by atoms with Gasteiger partial charge < -0.3 is 4.74 Å². The number of hydrogen-bond acceptors (Lipinski definition) is 3. The summed E-state index contributed by atoms with van der Waals surface area (Å²) in [6, 6.07) is 0. The Balaban J connectivity index is 1.48. The van der Waals surface area contributed by atoms with Gasteiger partial charge in [0.05, 0.1) is 11.8 Å². The van der Waals surface area contributed by atoms with E-state index >= 15 is 0 Å². The molecule has 1 aliphatic heterocycles. The first-order valence-corrected chi connectivity index (χ1v) is 7.41. The van der Waals surface area contributed by atoms with Crippen LogP contribution in [0.1, 0.15) is 12.8 Å². The zero-order chi connectivity index (χ0) is 15.7. The van der Waals surface area contributed by atoms with E-state index in [9.17, 15) is 27.2 Å². The van der Waals surface area contributed by atoms with E-state index in [4.69, 9.17) is 0 Å². The van der Waals surface area contributed by atoms with Gasteiger partial charge in [-0.3, -0.25) is 9.59 Å². The monoisotopic (exact) mass is 316 g/mol. The molecule has 4 aliphatic carbocycles. The number of hydrogen-bond donors (Lipinski definition) is 0. The lowest BCUT2D eigenvalue weighted by molar-refractivity contribution is -0.320. The minimum absolute atomic E-state index is 0.323. The lowest BCUT2D eigenvalue weighted by Gasteiger charge is -2.45. The molecule has 0 amide bonds. The minimum atomic E-state index is -3.98. The average Bonchev–Trinajstić information content (AvgIpc) is 2.84. The molecule has 2 bridgehead atoms. The Labute approximate surface area is 122 Å². The fraction of sp³-hybridized carbons (Fsp3) is 0.733. The van der Waals surface area contributed by atoms with Crippen molar-refractivity contribution < 1.29 is 31.9 Å². The van der Waals surface area contributed by atoms with E-state index in [1.54, 1.807) is 12.2 Å². The second-order valence-corrected chi connectivity index (χ2v) is 7.29. The smallest absolute Gasteiger partial charge is 0.318 e. The molecule has 4 fully saturated rings. The van der Waals surface area contributed by atoms with Crippen LogP contribution in [0.3, 0.4) is 0 Å². The maximum Gasteiger partial charge on any atom is 0.318 e. The van der Waals surface area contributed by atoms with Gasteiger partial charge in [0, 0.05) is 12.3 Å². The van der Waals surface area contributed by atoms with Gasteiger partial charge in [-0.1, -0.05) is 12.2 Å². The molecule has 0 aromatic heterocycles. The summed E-state index contributed by atoms with van der Waals surface area (Å²) in [4.78, 5) is 23.6. The van der Waals surface area contributed by atoms with E-state index in [-0.39, 0.29) is 11.8 Å². The van der Waals surface area contributed by atoms with Crippen molar-refractivity contribution in [1.82, 2.24) is 0 Å². The summed E-state index contributed by atoms with van der Waals surface area (Å²) in [6.45, 7) is 0. The topological polar surface area (TPSA) is 43.4 Å². The maximum absolute atomic E-state index is 13.7. The molecule has 5 aliphatic rings. The summed E-state index contributed by atoms with van der Waals surface area (Å²) < 4.78 is 58.2. The predicted octanol–water partition coefficient (Wildman–Crippen LogP) is 2.41. The summed E-state index contributed by atoms with van der Waals surface area (Å²) in [5, 5.41) is 0. The Hall–Kier alpha value is -1.40. The van der Waals surface area contributed by atoms with Crippen molar-refractivity contribution in [3.05, 3.63) is 12.2 Å². The molecule has 0 aromatic rings.